The van der Waals surface area contributed by atoms with Crippen LogP contribution in [0.2, 0.25) is 0 Å². The lowest BCUT2D eigenvalue weighted by Gasteiger charge is -2.30. The topological polar surface area (TPSA) is 75.7 Å². The summed E-state index contributed by atoms with van der Waals surface area (Å²) in [6, 6.07) is 10.6. The number of nitrogens with one attached hydrogen (secondary N) is 1. The number of carbonyl (C=O) groups is 1. The molecule has 1 atom stereocenters. The number of hydrogen-bond donors (Lipinski definition) is 1. The fourth-order valence-electron chi connectivity index (χ4n) is 5.02. The maximum atomic E-state index is 13.4. The Hall–Kier alpha value is -2.38. The number of fused-ring (bicyclic) bond motifs is 1. The molecule has 6 nitrogen and oxygen atoms in total. The number of carbonyl (C=O) groups excluding carboxylic acids is 1. The van der Waals surface area contributed by atoms with Gasteiger partial charge in [0.1, 0.15) is 5.75 Å². The second-order valence-corrected chi connectivity index (χ2v) is 11.4. The van der Waals surface area contributed by atoms with Gasteiger partial charge in [0.25, 0.3) is 5.91 Å². The van der Waals surface area contributed by atoms with E-state index < -0.39 is 10.0 Å². The lowest BCUT2D eigenvalue weighted by molar-refractivity contribution is 0.0693. The zero-order valence-electron chi connectivity index (χ0n) is 20.5. The van der Waals surface area contributed by atoms with E-state index in [1.165, 1.54) is 43.2 Å². The molecule has 7 heteroatoms. The molecule has 1 heterocycles. The van der Waals surface area contributed by atoms with E-state index in [-0.39, 0.29) is 16.8 Å². The molecule has 0 spiro atoms. The molecule has 1 N–H and O–H groups in total. The Morgan fingerprint density at radius 3 is 2.47 bits per heavy atom. The first kappa shape index (κ1) is 24.7. The molecule has 1 aliphatic carbocycles. The average molecular weight is 485 g/mol. The Morgan fingerprint density at radius 1 is 1.09 bits per heavy atom. The smallest absolute Gasteiger partial charge is 0.257 e. The monoisotopic (exact) mass is 484 g/mol. The van der Waals surface area contributed by atoms with Crippen LogP contribution in [-0.2, 0) is 22.9 Å². The van der Waals surface area contributed by atoms with Crippen LogP contribution in [-0.4, -0.2) is 39.4 Å². The van der Waals surface area contributed by atoms with Crippen LogP contribution in [0, 0.1) is 5.92 Å². The normalized spacial score (nSPS) is 17.8. The van der Waals surface area contributed by atoms with Gasteiger partial charge in [0, 0.05) is 19.1 Å². The van der Waals surface area contributed by atoms with Crippen molar-refractivity contribution < 1.29 is 17.9 Å². The van der Waals surface area contributed by atoms with Crippen LogP contribution in [0.5, 0.6) is 5.75 Å². The van der Waals surface area contributed by atoms with Crippen molar-refractivity contribution in [2.24, 2.45) is 5.92 Å². The van der Waals surface area contributed by atoms with Gasteiger partial charge in [0.2, 0.25) is 10.0 Å². The summed E-state index contributed by atoms with van der Waals surface area (Å²) in [4.78, 5) is 15.1. The SMILES string of the molecule is CC[C@H](NS(=O)(=O)c1ccc(OC)c(C(=O)N2CCC(C)CC2)c1)c1ccc2c(c1)CCCC2. The van der Waals surface area contributed by atoms with Crippen molar-refractivity contribution in [1.29, 1.82) is 0 Å². The van der Waals surface area contributed by atoms with Crippen LogP contribution < -0.4 is 9.46 Å². The summed E-state index contributed by atoms with van der Waals surface area (Å²) >= 11 is 0. The minimum Gasteiger partial charge on any atom is -0.496 e. The molecule has 2 aromatic rings. The van der Waals surface area contributed by atoms with Gasteiger partial charge >= 0.3 is 0 Å². The first-order chi connectivity index (χ1) is 16.3. The summed E-state index contributed by atoms with van der Waals surface area (Å²) in [7, 11) is -2.34. The first-order valence-electron chi connectivity index (χ1n) is 12.4. The van der Waals surface area contributed by atoms with Crippen LogP contribution >= 0.6 is 0 Å². The third-order valence-corrected chi connectivity index (χ3v) is 8.73. The van der Waals surface area contributed by atoms with Gasteiger partial charge in [0.15, 0.2) is 0 Å². The molecule has 1 fully saturated rings. The number of amides is 1. The van der Waals surface area contributed by atoms with E-state index in [2.05, 4.69) is 23.8 Å². The fraction of sp³-hybridized carbons (Fsp3) is 0.519. The predicted octanol–water partition coefficient (Wildman–Crippen LogP) is 4.88. The molecule has 1 amide bonds. The van der Waals surface area contributed by atoms with Gasteiger partial charge in [-0.3, -0.25) is 4.79 Å². The number of rotatable bonds is 7. The van der Waals surface area contributed by atoms with Crippen molar-refractivity contribution in [3.63, 3.8) is 0 Å². The molecular formula is C27H36N2O4S. The summed E-state index contributed by atoms with van der Waals surface area (Å²) in [6.45, 7) is 5.52. The van der Waals surface area contributed by atoms with Crippen molar-refractivity contribution >= 4 is 15.9 Å². The second-order valence-electron chi connectivity index (χ2n) is 9.65. The molecule has 0 saturated carbocycles. The summed E-state index contributed by atoms with van der Waals surface area (Å²) < 4.78 is 35.0. The molecule has 2 aliphatic rings. The summed E-state index contributed by atoms with van der Waals surface area (Å²) in [5, 5.41) is 0. The van der Waals surface area contributed by atoms with Crippen molar-refractivity contribution in [3.8, 4) is 5.75 Å². The van der Waals surface area contributed by atoms with Crippen molar-refractivity contribution in [1.82, 2.24) is 9.62 Å². The van der Waals surface area contributed by atoms with Gasteiger partial charge in [-0.25, -0.2) is 13.1 Å². The third kappa shape index (κ3) is 5.31. The van der Waals surface area contributed by atoms with Crippen molar-refractivity contribution in [3.05, 3.63) is 58.7 Å². The summed E-state index contributed by atoms with van der Waals surface area (Å²) in [5.74, 6) is 0.809. The molecule has 0 radical (unpaired) electrons. The Balaban J connectivity index is 1.59. The first-order valence-corrected chi connectivity index (χ1v) is 13.9. The minimum atomic E-state index is -3.84. The molecule has 1 saturated heterocycles. The summed E-state index contributed by atoms with van der Waals surface area (Å²) in [6.07, 6.45) is 7.07. The molecule has 2 aromatic carbocycles. The highest BCUT2D eigenvalue weighted by Gasteiger charge is 2.27. The van der Waals surface area contributed by atoms with E-state index in [4.69, 9.17) is 4.74 Å². The number of nitrogens with zero attached hydrogens (tertiary/aromatic N) is 1. The number of benzene rings is 2. The van der Waals surface area contributed by atoms with E-state index >= 15 is 0 Å². The van der Waals surface area contributed by atoms with Gasteiger partial charge < -0.3 is 9.64 Å². The lowest BCUT2D eigenvalue weighted by Crippen LogP contribution is -2.38. The Bertz CT molecular complexity index is 1140. The number of piperidine rings is 1. The number of ether oxygens (including phenoxy) is 1. The third-order valence-electron chi connectivity index (χ3n) is 7.26. The highest BCUT2D eigenvalue weighted by molar-refractivity contribution is 7.89. The van der Waals surface area contributed by atoms with Gasteiger partial charge in [-0.2, -0.15) is 0 Å². The standard InChI is InChI=1S/C27H36N2O4S/c1-4-25(22-10-9-20-7-5-6-8-21(20)17-22)28-34(31,32)23-11-12-26(33-3)24(18-23)27(30)29-15-13-19(2)14-16-29/h9-12,17-19,25,28H,4-8,13-16H2,1-3H3/t25-/m0/s1. The number of likely N-dealkylation sites (tertiary alicyclic amines) is 1. The van der Waals surface area contributed by atoms with Crippen LogP contribution in [0.1, 0.15) is 79.0 Å². The zero-order chi connectivity index (χ0) is 24.3. The molecule has 0 aromatic heterocycles. The van der Waals surface area contributed by atoms with Crippen LogP contribution in [0.15, 0.2) is 41.3 Å². The quantitative estimate of drug-likeness (QED) is 0.608. The minimum absolute atomic E-state index is 0.0819. The van der Waals surface area contributed by atoms with Gasteiger partial charge in [-0.05, 0) is 85.8 Å². The number of sulfonamides is 1. The van der Waals surface area contributed by atoms with Crippen molar-refractivity contribution in [2.45, 2.75) is 69.7 Å². The van der Waals surface area contributed by atoms with Crippen LogP contribution in [0.4, 0.5) is 0 Å². The van der Waals surface area contributed by atoms with E-state index in [9.17, 15) is 13.2 Å². The molecule has 184 valence electrons. The maximum Gasteiger partial charge on any atom is 0.257 e. The zero-order valence-corrected chi connectivity index (χ0v) is 21.3. The van der Waals surface area contributed by atoms with Gasteiger partial charge in [0.05, 0.1) is 17.6 Å². The highest BCUT2D eigenvalue weighted by Crippen LogP contribution is 2.29. The van der Waals surface area contributed by atoms with Gasteiger partial charge in [-0.1, -0.05) is 32.0 Å². The highest BCUT2D eigenvalue weighted by atomic mass is 32.2. The average Bonchev–Trinajstić information content (AvgIpc) is 2.86. The second kappa shape index (κ2) is 10.5. The van der Waals surface area contributed by atoms with Crippen LogP contribution in [0.25, 0.3) is 0 Å². The van der Waals surface area contributed by atoms with Gasteiger partial charge in [-0.15, -0.1) is 0 Å². The fourth-order valence-corrected chi connectivity index (χ4v) is 6.35. The molecule has 0 bridgehead atoms. The molecule has 0 unspecified atom stereocenters. The molecule has 34 heavy (non-hydrogen) atoms. The van der Waals surface area contributed by atoms with Crippen LogP contribution in [0.3, 0.4) is 0 Å². The summed E-state index contributed by atoms with van der Waals surface area (Å²) in [5.41, 5.74) is 3.98. The largest absolute Gasteiger partial charge is 0.496 e. The van der Waals surface area contributed by atoms with E-state index in [1.54, 1.807) is 11.0 Å². The van der Waals surface area contributed by atoms with E-state index in [0.717, 1.165) is 31.2 Å². The predicted molar refractivity (Wildman–Crippen MR) is 134 cm³/mol. The molecule has 4 rings (SSSR count). The van der Waals surface area contributed by atoms with Crippen molar-refractivity contribution in [2.75, 3.05) is 20.2 Å². The molecular weight excluding hydrogens is 448 g/mol. The Kier molecular flexibility index (Phi) is 7.63. The Labute approximate surface area is 203 Å². The Morgan fingerprint density at radius 2 is 1.79 bits per heavy atom. The number of aryl methyl sites for hydroxylation is 2. The van der Waals surface area contributed by atoms with E-state index in [1.807, 2.05) is 13.0 Å². The number of hydrogen-bond acceptors (Lipinski definition) is 4. The number of methoxy groups -OCH3 is 1. The maximum absolute atomic E-state index is 13.4. The van der Waals surface area contributed by atoms with E-state index in [0.29, 0.717) is 36.7 Å². The molecule has 1 aliphatic heterocycles. The lowest BCUT2D eigenvalue weighted by atomic mass is 9.89.